The predicted molar refractivity (Wildman–Crippen MR) is 83.9 cm³/mol. The highest BCUT2D eigenvalue weighted by molar-refractivity contribution is 5.82. The summed E-state index contributed by atoms with van der Waals surface area (Å²) in [4.78, 5) is 37.1. The molecule has 1 saturated carbocycles. The third-order valence-corrected chi connectivity index (χ3v) is 4.65. The highest BCUT2D eigenvalue weighted by Crippen LogP contribution is 2.40. The second-order valence-corrected chi connectivity index (χ2v) is 6.46. The van der Waals surface area contributed by atoms with Crippen LogP contribution in [-0.4, -0.2) is 49.7 Å². The van der Waals surface area contributed by atoms with Crippen LogP contribution < -0.4 is 5.32 Å². The van der Waals surface area contributed by atoms with E-state index in [0.717, 1.165) is 18.5 Å². The van der Waals surface area contributed by atoms with E-state index >= 15 is 0 Å². The summed E-state index contributed by atoms with van der Waals surface area (Å²) in [7, 11) is 1.82. The van der Waals surface area contributed by atoms with Gasteiger partial charge in [-0.25, -0.2) is 0 Å². The van der Waals surface area contributed by atoms with Crippen LogP contribution in [-0.2, 0) is 21.4 Å². The molecule has 2 heterocycles. The first kappa shape index (κ1) is 16.5. The van der Waals surface area contributed by atoms with Crippen molar-refractivity contribution in [1.82, 2.24) is 20.0 Å². The summed E-state index contributed by atoms with van der Waals surface area (Å²) in [5.74, 6) is -1.17. The van der Waals surface area contributed by atoms with Gasteiger partial charge >= 0.3 is 5.97 Å². The molecule has 0 spiro atoms. The van der Waals surface area contributed by atoms with Gasteiger partial charge in [0.05, 0.1) is 24.2 Å². The number of likely N-dealkylation sites (tertiary alicyclic amines) is 1. The maximum Gasteiger partial charge on any atom is 0.303 e. The molecule has 1 aliphatic heterocycles. The fourth-order valence-electron chi connectivity index (χ4n) is 3.37. The second-order valence-electron chi connectivity index (χ2n) is 6.46. The number of aromatic nitrogens is 2. The third-order valence-electron chi connectivity index (χ3n) is 4.65. The molecule has 0 unspecified atom stereocenters. The first-order chi connectivity index (χ1) is 11.5. The average molecular weight is 334 g/mol. The van der Waals surface area contributed by atoms with Crippen LogP contribution >= 0.6 is 0 Å². The molecule has 1 aliphatic carbocycles. The van der Waals surface area contributed by atoms with Crippen molar-refractivity contribution in [2.75, 3.05) is 0 Å². The molecule has 2 amide bonds. The van der Waals surface area contributed by atoms with Gasteiger partial charge in [-0.05, 0) is 25.3 Å². The largest absolute Gasteiger partial charge is 0.481 e. The molecule has 0 radical (unpaired) electrons. The van der Waals surface area contributed by atoms with Crippen molar-refractivity contribution >= 4 is 17.8 Å². The molecule has 130 valence electrons. The van der Waals surface area contributed by atoms with Gasteiger partial charge in [0, 0.05) is 32.1 Å². The number of aryl methyl sites for hydroxylation is 1. The summed E-state index contributed by atoms with van der Waals surface area (Å²) < 4.78 is 1.73. The van der Waals surface area contributed by atoms with E-state index in [1.54, 1.807) is 10.9 Å². The number of rotatable bonds is 6. The Bertz CT molecular complexity index is 652. The molecule has 2 N–H and O–H groups in total. The van der Waals surface area contributed by atoms with E-state index in [1.807, 2.05) is 18.0 Å². The first-order valence-electron chi connectivity index (χ1n) is 8.27. The smallest absolute Gasteiger partial charge is 0.303 e. The fraction of sp³-hybridized carbons (Fsp3) is 0.625. The first-order valence-corrected chi connectivity index (χ1v) is 8.27. The lowest BCUT2D eigenvalue weighted by molar-refractivity contribution is -0.141. The summed E-state index contributed by atoms with van der Waals surface area (Å²) in [6, 6.07) is 1.63. The molecular weight excluding hydrogens is 312 g/mol. The number of nitrogens with zero attached hydrogens (tertiary/aromatic N) is 3. The summed E-state index contributed by atoms with van der Waals surface area (Å²) >= 11 is 0. The number of carbonyl (C=O) groups excluding carboxylic acids is 2. The monoisotopic (exact) mass is 334 g/mol. The lowest BCUT2D eigenvalue weighted by Gasteiger charge is -2.41. The van der Waals surface area contributed by atoms with E-state index in [2.05, 4.69) is 10.4 Å². The molecule has 0 aromatic carbocycles. The summed E-state index contributed by atoms with van der Waals surface area (Å²) in [6.45, 7) is 0. The number of carboxylic acids is 1. The zero-order valence-electron chi connectivity index (χ0n) is 13.6. The van der Waals surface area contributed by atoms with Gasteiger partial charge in [-0.1, -0.05) is 0 Å². The van der Waals surface area contributed by atoms with Crippen LogP contribution in [0.15, 0.2) is 12.3 Å². The van der Waals surface area contributed by atoms with E-state index in [0.29, 0.717) is 12.8 Å². The molecule has 2 aliphatic rings. The molecule has 8 heteroatoms. The summed E-state index contributed by atoms with van der Waals surface area (Å²) in [5, 5.41) is 15.8. The van der Waals surface area contributed by atoms with Crippen molar-refractivity contribution in [3.05, 3.63) is 18.0 Å². The molecule has 2 fully saturated rings. The number of amides is 2. The van der Waals surface area contributed by atoms with Gasteiger partial charge in [-0.15, -0.1) is 0 Å². The van der Waals surface area contributed by atoms with Gasteiger partial charge in [0.15, 0.2) is 0 Å². The molecule has 1 aromatic heterocycles. The zero-order chi connectivity index (χ0) is 17.3. The van der Waals surface area contributed by atoms with Gasteiger partial charge in [-0.3, -0.25) is 19.1 Å². The molecule has 1 saturated heterocycles. The molecule has 24 heavy (non-hydrogen) atoms. The Morgan fingerprint density at radius 1 is 1.33 bits per heavy atom. The van der Waals surface area contributed by atoms with Crippen LogP contribution in [0.5, 0.6) is 0 Å². The van der Waals surface area contributed by atoms with Crippen LogP contribution in [0.25, 0.3) is 0 Å². The van der Waals surface area contributed by atoms with Crippen molar-refractivity contribution < 1.29 is 19.5 Å². The van der Waals surface area contributed by atoms with E-state index in [1.165, 1.54) is 0 Å². The van der Waals surface area contributed by atoms with E-state index in [-0.39, 0.29) is 42.8 Å². The van der Waals surface area contributed by atoms with Crippen molar-refractivity contribution in [3.8, 4) is 0 Å². The number of carboxylic acid groups (broad SMARTS) is 1. The number of aliphatic carboxylic acids is 1. The van der Waals surface area contributed by atoms with Gasteiger partial charge in [0.1, 0.15) is 0 Å². The van der Waals surface area contributed by atoms with Gasteiger partial charge in [0.2, 0.25) is 11.8 Å². The SMILES string of the molecule is Cn1nccc1[C@H]1[C@H](NC(=O)CCC(=O)O)CCC(=O)N1C1CC1. The second kappa shape index (κ2) is 6.62. The molecule has 3 rings (SSSR count). The lowest BCUT2D eigenvalue weighted by atomic mass is 9.92. The molecule has 1 aromatic rings. The van der Waals surface area contributed by atoms with Crippen LogP contribution in [0.2, 0.25) is 0 Å². The minimum atomic E-state index is -0.994. The highest BCUT2D eigenvalue weighted by atomic mass is 16.4. The quantitative estimate of drug-likeness (QED) is 0.792. The Balaban J connectivity index is 1.80. The van der Waals surface area contributed by atoms with Crippen molar-refractivity contribution in [2.45, 2.75) is 56.7 Å². The zero-order valence-corrected chi connectivity index (χ0v) is 13.6. The summed E-state index contributed by atoms with van der Waals surface area (Å²) in [6.07, 6.45) is 4.36. The Kier molecular flexibility index (Phi) is 4.55. The highest BCUT2D eigenvalue weighted by Gasteiger charge is 2.45. The molecule has 2 atom stereocenters. The maximum atomic E-state index is 12.4. The summed E-state index contributed by atoms with van der Waals surface area (Å²) in [5.41, 5.74) is 0.887. The number of piperidine rings is 1. The van der Waals surface area contributed by atoms with E-state index < -0.39 is 5.97 Å². The van der Waals surface area contributed by atoms with Gasteiger partial charge < -0.3 is 15.3 Å². The maximum absolute atomic E-state index is 12.4. The minimum absolute atomic E-state index is 0.0543. The predicted octanol–water partition coefficient (Wildman–Crippen LogP) is 0.596. The Morgan fingerprint density at radius 2 is 2.08 bits per heavy atom. The number of nitrogens with one attached hydrogen (secondary N) is 1. The molecular formula is C16H22N4O4. The van der Waals surface area contributed by atoms with Crippen molar-refractivity contribution in [3.63, 3.8) is 0 Å². The Hall–Kier alpha value is -2.38. The van der Waals surface area contributed by atoms with E-state index in [9.17, 15) is 14.4 Å². The topological polar surface area (TPSA) is 105 Å². The van der Waals surface area contributed by atoms with Crippen LogP contribution in [0, 0.1) is 0 Å². The molecule has 8 nitrogen and oxygen atoms in total. The van der Waals surface area contributed by atoms with Crippen LogP contribution in [0.4, 0.5) is 0 Å². The van der Waals surface area contributed by atoms with Gasteiger partial charge in [0.25, 0.3) is 0 Å². The standard InChI is InChI=1S/C16H22N4O4/c1-19-12(8-9-17-19)16-11(18-13(21)5-7-15(23)24)4-6-14(22)20(16)10-2-3-10/h8-11,16H,2-7H2,1H3,(H,18,21)(H,23,24)/t11-,16-/m1/s1. The third kappa shape index (κ3) is 3.42. The molecule has 0 bridgehead atoms. The lowest BCUT2D eigenvalue weighted by Crippen LogP contribution is -2.53. The van der Waals surface area contributed by atoms with Crippen molar-refractivity contribution in [2.24, 2.45) is 7.05 Å². The van der Waals surface area contributed by atoms with E-state index in [4.69, 9.17) is 5.11 Å². The number of hydrogen-bond donors (Lipinski definition) is 2. The Morgan fingerprint density at radius 3 is 2.67 bits per heavy atom. The normalized spacial score (nSPS) is 24.0. The minimum Gasteiger partial charge on any atom is -0.481 e. The van der Waals surface area contributed by atoms with Crippen LogP contribution in [0.3, 0.4) is 0 Å². The number of carbonyl (C=O) groups is 3. The van der Waals surface area contributed by atoms with Gasteiger partial charge in [-0.2, -0.15) is 5.10 Å². The van der Waals surface area contributed by atoms with Crippen LogP contribution in [0.1, 0.15) is 50.3 Å². The van der Waals surface area contributed by atoms with Crippen molar-refractivity contribution in [1.29, 1.82) is 0 Å². The Labute approximate surface area is 139 Å². The average Bonchev–Trinajstić information content (AvgIpc) is 3.28. The number of hydrogen-bond acceptors (Lipinski definition) is 4. The fourth-order valence-corrected chi connectivity index (χ4v) is 3.37.